The summed E-state index contributed by atoms with van der Waals surface area (Å²) >= 11 is 0. The zero-order valence-electron chi connectivity index (χ0n) is 15.6. The van der Waals surface area contributed by atoms with Crippen molar-refractivity contribution in [3.63, 3.8) is 0 Å². The maximum absolute atomic E-state index is 4.95. The van der Waals surface area contributed by atoms with Crippen molar-refractivity contribution in [1.29, 1.82) is 0 Å². The first-order valence-corrected chi connectivity index (χ1v) is 9.05. The Morgan fingerprint density at radius 3 is 2.52 bits per heavy atom. The minimum Gasteiger partial charge on any atom is -0.304 e. The first kappa shape index (κ1) is 17.2. The molecule has 5 rings (SSSR count). The molecule has 3 aromatic rings. The summed E-state index contributed by atoms with van der Waals surface area (Å²) in [6, 6.07) is 12.1. The molecule has 2 unspecified atom stereocenters. The molecule has 0 saturated heterocycles. The first-order valence-electron chi connectivity index (χ1n) is 9.05. The number of benzene rings is 2. The fraction of sp³-hybridized carbons (Fsp3) is 0.435. The Morgan fingerprint density at radius 1 is 1.04 bits per heavy atom. The minimum atomic E-state index is 0. The second kappa shape index (κ2) is 4.93. The van der Waals surface area contributed by atoms with Crippen molar-refractivity contribution in [3.05, 3.63) is 53.2 Å². The van der Waals surface area contributed by atoms with Gasteiger partial charge in [-0.25, -0.2) is 0 Å². The average molecular weight is 507 g/mol. The predicted octanol–water partition coefficient (Wildman–Crippen LogP) is 5.84. The minimum absolute atomic E-state index is 0. The summed E-state index contributed by atoms with van der Waals surface area (Å²) in [5, 5.41) is 3.81. The van der Waals surface area contributed by atoms with E-state index in [1.165, 1.54) is 40.1 Å². The maximum atomic E-state index is 4.95. The summed E-state index contributed by atoms with van der Waals surface area (Å²) in [7, 11) is 0. The summed E-state index contributed by atoms with van der Waals surface area (Å²) in [5.41, 5.74) is 6.25. The van der Waals surface area contributed by atoms with Crippen LogP contribution in [0.3, 0.4) is 0 Å². The monoisotopic (exact) mass is 507 g/mol. The third-order valence-corrected chi connectivity index (χ3v) is 8.03. The van der Waals surface area contributed by atoms with E-state index < -0.39 is 0 Å². The van der Waals surface area contributed by atoms with Gasteiger partial charge in [0.25, 0.3) is 0 Å². The standard InChI is InChI=1S/C23H24N.Ir/c1-14-12-17-19-18(22(4)10-11-23(19,5)21(22,2)3)13-24-20(17)16-9-7-6-8-15(14)16;/h6-8,12-13H,10-11H2,1-5H3;/q-1;. The third kappa shape index (κ3) is 1.71. The van der Waals surface area contributed by atoms with E-state index in [0.29, 0.717) is 0 Å². The quantitative estimate of drug-likeness (QED) is 0.276. The fourth-order valence-corrected chi connectivity index (χ4v) is 5.78. The van der Waals surface area contributed by atoms with Crippen molar-refractivity contribution in [2.45, 2.75) is 58.3 Å². The number of pyridine rings is 1. The van der Waals surface area contributed by atoms with Crippen LogP contribution in [0.25, 0.3) is 21.7 Å². The normalized spacial score (nSPS) is 29.0. The molecule has 0 spiro atoms. The molecule has 0 aliphatic heterocycles. The number of hydrogen-bond donors (Lipinski definition) is 0. The summed E-state index contributed by atoms with van der Waals surface area (Å²) in [6.07, 6.45) is 4.73. The van der Waals surface area contributed by atoms with Crippen LogP contribution < -0.4 is 0 Å². The van der Waals surface area contributed by atoms with Crippen molar-refractivity contribution in [3.8, 4) is 0 Å². The Hall–Kier alpha value is -1.24. The zero-order chi connectivity index (χ0) is 16.9. The Morgan fingerprint density at radius 2 is 1.76 bits per heavy atom. The van der Waals surface area contributed by atoms with Crippen molar-refractivity contribution >= 4 is 21.7 Å². The van der Waals surface area contributed by atoms with E-state index in [1.807, 2.05) is 6.07 Å². The van der Waals surface area contributed by atoms with Crippen molar-refractivity contribution in [1.82, 2.24) is 4.98 Å². The van der Waals surface area contributed by atoms with E-state index in [-0.39, 0.29) is 36.4 Å². The molecule has 2 aromatic carbocycles. The SMILES string of the molecule is Cc1cc2c3c(cnc2c2[c-]cccc12)C1(C)CCC3(C)C1(C)C.[Ir]. The Balaban J connectivity index is 0.00000157. The molecule has 1 nitrogen and oxygen atoms in total. The van der Waals surface area contributed by atoms with Crippen LogP contribution in [0.5, 0.6) is 0 Å². The van der Waals surface area contributed by atoms with E-state index in [2.05, 4.69) is 65.1 Å². The van der Waals surface area contributed by atoms with Crippen LogP contribution in [0, 0.1) is 18.4 Å². The summed E-state index contributed by atoms with van der Waals surface area (Å²) in [4.78, 5) is 4.95. The number of hydrogen-bond acceptors (Lipinski definition) is 1. The van der Waals surface area contributed by atoms with Gasteiger partial charge in [0.2, 0.25) is 0 Å². The number of nitrogens with zero attached hydrogens (tertiary/aromatic N) is 1. The Labute approximate surface area is 163 Å². The molecule has 0 N–H and O–H groups in total. The van der Waals surface area contributed by atoms with Crippen LogP contribution in [0.4, 0.5) is 0 Å². The average Bonchev–Trinajstić information content (AvgIpc) is 2.83. The van der Waals surface area contributed by atoms with E-state index in [0.717, 1.165) is 5.52 Å². The van der Waals surface area contributed by atoms with Gasteiger partial charge in [0.15, 0.2) is 0 Å². The summed E-state index contributed by atoms with van der Waals surface area (Å²) in [5.74, 6) is 0. The van der Waals surface area contributed by atoms with E-state index in [1.54, 1.807) is 5.56 Å². The molecule has 2 bridgehead atoms. The van der Waals surface area contributed by atoms with Crippen molar-refractivity contribution in [2.75, 3.05) is 0 Å². The molecule has 0 amide bonds. The molecule has 2 aliphatic carbocycles. The van der Waals surface area contributed by atoms with Crippen LogP contribution >= 0.6 is 0 Å². The summed E-state index contributed by atoms with van der Waals surface area (Å²) < 4.78 is 0. The van der Waals surface area contributed by atoms with Gasteiger partial charge in [0.05, 0.1) is 0 Å². The van der Waals surface area contributed by atoms with E-state index in [9.17, 15) is 0 Å². The van der Waals surface area contributed by atoms with E-state index >= 15 is 0 Å². The van der Waals surface area contributed by atoms with Gasteiger partial charge >= 0.3 is 0 Å². The molecule has 131 valence electrons. The van der Waals surface area contributed by atoms with Crippen LogP contribution in [-0.2, 0) is 30.9 Å². The largest absolute Gasteiger partial charge is 0.304 e. The number of rotatable bonds is 0. The molecule has 2 heteroatoms. The van der Waals surface area contributed by atoms with Gasteiger partial charge in [-0.15, -0.1) is 35.0 Å². The van der Waals surface area contributed by atoms with Crippen LogP contribution in [-0.4, -0.2) is 4.98 Å². The molecule has 1 radical (unpaired) electrons. The topological polar surface area (TPSA) is 12.9 Å². The molecule has 1 fully saturated rings. The Bertz CT molecular complexity index is 1040. The second-order valence-electron chi connectivity index (χ2n) is 8.88. The van der Waals surface area contributed by atoms with Gasteiger partial charge in [-0.05, 0) is 52.6 Å². The molecule has 1 heterocycles. The van der Waals surface area contributed by atoms with E-state index in [4.69, 9.17) is 4.98 Å². The third-order valence-electron chi connectivity index (χ3n) is 8.03. The zero-order valence-corrected chi connectivity index (χ0v) is 18.0. The maximum Gasteiger partial charge on any atom is 0.0202 e. The van der Waals surface area contributed by atoms with Crippen LogP contribution in [0.1, 0.15) is 57.2 Å². The molecule has 1 aromatic heterocycles. The molecule has 2 aliphatic rings. The number of aromatic nitrogens is 1. The number of fused-ring (bicyclic) bond motifs is 9. The van der Waals surface area contributed by atoms with Crippen LogP contribution in [0.2, 0.25) is 0 Å². The van der Waals surface area contributed by atoms with Gasteiger partial charge < -0.3 is 4.98 Å². The second-order valence-corrected chi connectivity index (χ2v) is 8.88. The van der Waals surface area contributed by atoms with Gasteiger partial charge in [-0.1, -0.05) is 39.3 Å². The molecular weight excluding hydrogens is 482 g/mol. The summed E-state index contributed by atoms with van der Waals surface area (Å²) in [6.45, 7) is 12.1. The van der Waals surface area contributed by atoms with Crippen molar-refractivity contribution in [2.24, 2.45) is 5.41 Å². The smallest absolute Gasteiger partial charge is 0.0202 e. The van der Waals surface area contributed by atoms with Crippen molar-refractivity contribution < 1.29 is 20.1 Å². The molecule has 1 saturated carbocycles. The molecule has 2 atom stereocenters. The predicted molar refractivity (Wildman–Crippen MR) is 101 cm³/mol. The molecular formula is C23H24IrN-. The molecule has 25 heavy (non-hydrogen) atoms. The van der Waals surface area contributed by atoms with Crippen LogP contribution in [0.15, 0.2) is 30.5 Å². The van der Waals surface area contributed by atoms with Gasteiger partial charge in [0.1, 0.15) is 0 Å². The Kier molecular flexibility index (Phi) is 3.39. The van der Waals surface area contributed by atoms with Gasteiger partial charge in [-0.2, -0.15) is 0 Å². The first-order chi connectivity index (χ1) is 11.3. The fourth-order valence-electron chi connectivity index (χ4n) is 5.78. The van der Waals surface area contributed by atoms with Gasteiger partial charge in [-0.3, -0.25) is 0 Å². The number of aryl methyl sites for hydroxylation is 1. The van der Waals surface area contributed by atoms with Gasteiger partial charge in [0, 0.05) is 31.7 Å².